The molecule has 5 rings (SSSR count). The van der Waals surface area contributed by atoms with Gasteiger partial charge in [-0.15, -0.1) is 11.3 Å². The molecule has 5 nitrogen and oxygen atoms in total. The molecule has 0 unspecified atom stereocenters. The molecule has 174 valence electrons. The number of rotatable bonds is 4. The van der Waals surface area contributed by atoms with Crippen molar-refractivity contribution in [1.29, 1.82) is 0 Å². The van der Waals surface area contributed by atoms with Crippen LogP contribution in [0.1, 0.15) is 32.1 Å². The number of carbonyl (C=O) groups is 1. The molecule has 3 N–H and O–H groups in total. The average Bonchev–Trinajstić information content (AvgIpc) is 3.13. The Morgan fingerprint density at radius 3 is 2.56 bits per heavy atom. The smallest absolute Gasteiger partial charge is 0.397 e. The van der Waals surface area contributed by atoms with Gasteiger partial charge in [-0.2, -0.15) is 13.2 Å². The molecule has 4 aromatic rings. The lowest BCUT2D eigenvalue weighted by atomic mass is 10.0. The normalized spacial score (nSPS) is 14.2. The van der Waals surface area contributed by atoms with Crippen molar-refractivity contribution in [1.82, 2.24) is 9.88 Å². The van der Waals surface area contributed by atoms with E-state index in [0.29, 0.717) is 15.4 Å². The number of carbonyl (C=O) groups excluding carboxylic acids is 1. The van der Waals surface area contributed by atoms with E-state index in [0.717, 1.165) is 54.8 Å². The number of aromatic nitrogens is 1. The van der Waals surface area contributed by atoms with Gasteiger partial charge in [0.15, 0.2) is 0 Å². The largest absolute Gasteiger partial charge is 0.416 e. The van der Waals surface area contributed by atoms with Crippen molar-refractivity contribution in [3.63, 3.8) is 0 Å². The Balaban J connectivity index is 1.36. The summed E-state index contributed by atoms with van der Waals surface area (Å²) in [7, 11) is 0. The number of nitrogens with zero attached hydrogens (tertiary/aromatic N) is 2. The second kappa shape index (κ2) is 8.73. The zero-order valence-corrected chi connectivity index (χ0v) is 18.8. The Hall–Kier alpha value is -3.43. The first-order valence-electron chi connectivity index (χ1n) is 10.7. The van der Waals surface area contributed by atoms with E-state index in [1.54, 1.807) is 0 Å². The summed E-state index contributed by atoms with van der Waals surface area (Å²) in [5.41, 5.74) is 9.48. The molecule has 3 heterocycles. The van der Waals surface area contributed by atoms with Gasteiger partial charge in [-0.25, -0.2) is 4.98 Å². The quantitative estimate of drug-likeness (QED) is 0.391. The predicted octanol–water partition coefficient (Wildman–Crippen LogP) is 5.71. The minimum absolute atomic E-state index is 0.263. The second-order valence-corrected chi connectivity index (χ2v) is 9.27. The van der Waals surface area contributed by atoms with Gasteiger partial charge in [0.05, 0.1) is 11.3 Å². The number of halogens is 3. The Kier molecular flexibility index (Phi) is 5.75. The molecule has 0 saturated heterocycles. The molecule has 0 bridgehead atoms. The molecule has 0 spiro atoms. The molecule has 0 aliphatic carbocycles. The molecule has 34 heavy (non-hydrogen) atoms. The first kappa shape index (κ1) is 22.4. The maximum atomic E-state index is 12.8. The summed E-state index contributed by atoms with van der Waals surface area (Å²) >= 11 is 1.19. The predicted molar refractivity (Wildman–Crippen MR) is 128 cm³/mol. The number of anilines is 2. The fraction of sp³-hybridized carbons (Fsp3) is 0.200. The van der Waals surface area contributed by atoms with Crippen LogP contribution < -0.4 is 11.1 Å². The Bertz CT molecular complexity index is 1350. The molecule has 0 radical (unpaired) electrons. The molecular formula is C25H21F3N4OS. The monoisotopic (exact) mass is 482 g/mol. The SMILES string of the molecule is Nc1c(C(=O)Nc2ccc(C(F)(F)F)cc2)sc2nc3c(cc12)CN(Cc1ccccc1)CC3. The van der Waals surface area contributed by atoms with E-state index in [1.807, 2.05) is 24.3 Å². The highest BCUT2D eigenvalue weighted by Gasteiger charge is 2.30. The minimum atomic E-state index is -4.43. The maximum Gasteiger partial charge on any atom is 0.416 e. The van der Waals surface area contributed by atoms with E-state index in [1.165, 1.54) is 29.0 Å². The maximum absolute atomic E-state index is 12.8. The van der Waals surface area contributed by atoms with E-state index in [-0.39, 0.29) is 5.69 Å². The van der Waals surface area contributed by atoms with Crippen molar-refractivity contribution < 1.29 is 18.0 Å². The number of hydrogen-bond acceptors (Lipinski definition) is 5. The van der Waals surface area contributed by atoms with Gasteiger partial charge in [0, 0.05) is 42.8 Å². The summed E-state index contributed by atoms with van der Waals surface area (Å²) in [4.78, 5) is 20.9. The van der Waals surface area contributed by atoms with Gasteiger partial charge < -0.3 is 11.1 Å². The summed E-state index contributed by atoms with van der Waals surface area (Å²) in [6.07, 6.45) is -3.62. The highest BCUT2D eigenvalue weighted by molar-refractivity contribution is 7.21. The number of pyridine rings is 1. The number of fused-ring (bicyclic) bond motifs is 2. The average molecular weight is 483 g/mol. The third-order valence-electron chi connectivity index (χ3n) is 5.87. The van der Waals surface area contributed by atoms with Gasteiger partial charge in [-0.05, 0) is 41.5 Å². The third kappa shape index (κ3) is 4.49. The Morgan fingerprint density at radius 2 is 1.85 bits per heavy atom. The van der Waals surface area contributed by atoms with Gasteiger partial charge in [-0.1, -0.05) is 30.3 Å². The molecule has 9 heteroatoms. The van der Waals surface area contributed by atoms with Crippen molar-refractivity contribution in [2.45, 2.75) is 25.7 Å². The summed E-state index contributed by atoms with van der Waals surface area (Å²) in [5, 5.41) is 3.36. The number of benzene rings is 2. The molecule has 0 saturated carbocycles. The first-order chi connectivity index (χ1) is 16.3. The van der Waals surface area contributed by atoms with Crippen molar-refractivity contribution >= 4 is 38.8 Å². The Labute approximate surface area is 198 Å². The molecule has 0 atom stereocenters. The molecule has 2 aromatic carbocycles. The summed E-state index contributed by atoms with van der Waals surface area (Å²) in [6, 6.07) is 16.6. The van der Waals surface area contributed by atoms with E-state index in [9.17, 15) is 18.0 Å². The topological polar surface area (TPSA) is 71.2 Å². The van der Waals surface area contributed by atoms with Crippen LogP contribution in [-0.4, -0.2) is 22.3 Å². The summed E-state index contributed by atoms with van der Waals surface area (Å²) < 4.78 is 38.3. The zero-order valence-electron chi connectivity index (χ0n) is 18.0. The van der Waals surface area contributed by atoms with Crippen LogP contribution in [0.15, 0.2) is 60.7 Å². The molecule has 1 amide bonds. The van der Waals surface area contributed by atoms with E-state index in [4.69, 9.17) is 10.7 Å². The second-order valence-electron chi connectivity index (χ2n) is 8.27. The van der Waals surface area contributed by atoms with Crippen LogP contribution in [0.2, 0.25) is 0 Å². The zero-order chi connectivity index (χ0) is 23.9. The lowest BCUT2D eigenvalue weighted by Gasteiger charge is -2.28. The van der Waals surface area contributed by atoms with Gasteiger partial charge in [0.25, 0.3) is 5.91 Å². The minimum Gasteiger partial charge on any atom is -0.397 e. The number of alkyl halides is 3. The molecular weight excluding hydrogens is 461 g/mol. The van der Waals surface area contributed by atoms with Crippen LogP contribution in [0, 0.1) is 0 Å². The third-order valence-corrected chi connectivity index (χ3v) is 6.99. The standard InChI is InChI=1S/C25H21F3N4OS/c26-25(27,28)17-6-8-18(9-7-17)30-23(33)22-21(29)19-12-16-14-32(13-15-4-2-1-3-5-15)11-10-20(16)31-24(19)34-22/h1-9,12H,10-11,13-14,29H2,(H,30,33). The van der Waals surface area contributed by atoms with Gasteiger partial charge in [0.1, 0.15) is 9.71 Å². The lowest BCUT2D eigenvalue weighted by Crippen LogP contribution is -2.30. The number of hydrogen-bond donors (Lipinski definition) is 2. The van der Waals surface area contributed by atoms with Crippen molar-refractivity contribution in [2.75, 3.05) is 17.6 Å². The number of nitrogens with one attached hydrogen (secondary N) is 1. The Morgan fingerprint density at radius 1 is 1.12 bits per heavy atom. The highest BCUT2D eigenvalue weighted by Crippen LogP contribution is 2.36. The molecule has 1 aliphatic heterocycles. The van der Waals surface area contributed by atoms with E-state index in [2.05, 4.69) is 22.3 Å². The van der Waals surface area contributed by atoms with Crippen LogP contribution in [0.5, 0.6) is 0 Å². The molecule has 2 aromatic heterocycles. The van der Waals surface area contributed by atoms with Gasteiger partial charge >= 0.3 is 6.18 Å². The van der Waals surface area contributed by atoms with Crippen molar-refractivity contribution in [2.24, 2.45) is 0 Å². The molecule has 1 aliphatic rings. The highest BCUT2D eigenvalue weighted by atomic mass is 32.1. The van der Waals surface area contributed by atoms with Crippen LogP contribution >= 0.6 is 11.3 Å². The van der Waals surface area contributed by atoms with Gasteiger partial charge in [0.2, 0.25) is 0 Å². The number of nitrogens with two attached hydrogens (primary N) is 1. The fourth-order valence-electron chi connectivity index (χ4n) is 4.13. The number of nitrogen functional groups attached to an aromatic ring is 1. The number of amides is 1. The van der Waals surface area contributed by atoms with Crippen LogP contribution in [0.4, 0.5) is 24.5 Å². The van der Waals surface area contributed by atoms with Crippen LogP contribution in [0.25, 0.3) is 10.2 Å². The number of thiophene rings is 1. The van der Waals surface area contributed by atoms with Crippen molar-refractivity contribution in [3.05, 3.63) is 87.9 Å². The van der Waals surface area contributed by atoms with Crippen molar-refractivity contribution in [3.8, 4) is 0 Å². The fourth-order valence-corrected chi connectivity index (χ4v) is 5.12. The van der Waals surface area contributed by atoms with Gasteiger partial charge in [-0.3, -0.25) is 9.69 Å². The van der Waals surface area contributed by atoms with E-state index < -0.39 is 17.6 Å². The van der Waals surface area contributed by atoms with Crippen LogP contribution in [0.3, 0.4) is 0 Å². The first-order valence-corrected chi connectivity index (χ1v) is 11.6. The molecule has 0 fully saturated rings. The summed E-state index contributed by atoms with van der Waals surface area (Å²) in [6.45, 7) is 2.48. The van der Waals surface area contributed by atoms with E-state index >= 15 is 0 Å². The summed E-state index contributed by atoms with van der Waals surface area (Å²) in [5.74, 6) is -0.469. The lowest BCUT2D eigenvalue weighted by molar-refractivity contribution is -0.137. The van der Waals surface area contributed by atoms with Crippen LogP contribution in [-0.2, 0) is 25.7 Å².